The maximum absolute atomic E-state index is 12.6. The smallest absolute Gasteiger partial charge is 0.410 e. The molecule has 10 nitrogen and oxygen atoms in total. The molecule has 0 bridgehead atoms. The Bertz CT molecular complexity index is 887. The van der Waals surface area contributed by atoms with Gasteiger partial charge in [0.25, 0.3) is 0 Å². The van der Waals surface area contributed by atoms with Gasteiger partial charge in [0, 0.05) is 52.0 Å². The number of likely N-dealkylation sites (tertiary alicyclic amines) is 1. The maximum Gasteiger partial charge on any atom is 0.410 e. The summed E-state index contributed by atoms with van der Waals surface area (Å²) in [4.78, 5) is 28.5. The normalized spacial score (nSPS) is 19.2. The average Bonchev–Trinajstić information content (AvgIpc) is 3.37. The quantitative estimate of drug-likeness (QED) is 0.624. The van der Waals surface area contributed by atoms with Crippen LogP contribution in [-0.4, -0.2) is 80.6 Å². The average molecular weight is 460 g/mol. The zero-order chi connectivity index (χ0) is 24.0. The number of aromatic nitrogens is 3. The number of piperidine rings is 1. The van der Waals surface area contributed by atoms with Crippen LogP contribution in [0, 0.1) is 5.92 Å². The van der Waals surface area contributed by atoms with Crippen molar-refractivity contribution in [1.82, 2.24) is 35.2 Å². The Labute approximate surface area is 196 Å². The van der Waals surface area contributed by atoms with Crippen LogP contribution in [0.1, 0.15) is 46.2 Å². The van der Waals surface area contributed by atoms with E-state index in [-0.39, 0.29) is 12.0 Å². The van der Waals surface area contributed by atoms with Gasteiger partial charge in [-0.15, -0.1) is 5.10 Å². The van der Waals surface area contributed by atoms with E-state index in [9.17, 15) is 9.59 Å². The molecule has 0 unspecified atom stereocenters. The Kier molecular flexibility index (Phi) is 8.12. The Morgan fingerprint density at radius 1 is 1.36 bits per heavy atom. The molecule has 3 heterocycles. The number of nitrogens with one attached hydrogen (secondary N) is 1. The van der Waals surface area contributed by atoms with E-state index in [0.717, 1.165) is 37.2 Å². The lowest BCUT2D eigenvalue weighted by atomic mass is 9.98. The minimum Gasteiger partial charge on any atom is -0.444 e. The SMILES string of the molecule is CCN(Cc1cn(C[C@@H]2CCCN(C(=O)/C=C/C3=CN(C)NC3)C2)nn1)C(=O)OC(C)(C)C. The Hall–Kier alpha value is -2.88. The van der Waals surface area contributed by atoms with E-state index in [1.807, 2.05) is 67.8 Å². The zero-order valence-corrected chi connectivity index (χ0v) is 20.5. The molecule has 2 aliphatic rings. The fraction of sp³-hybridized carbons (Fsp3) is 0.652. The summed E-state index contributed by atoms with van der Waals surface area (Å²) in [6.45, 7) is 11.3. The van der Waals surface area contributed by atoms with Crippen LogP contribution in [0.25, 0.3) is 0 Å². The molecule has 2 amide bonds. The lowest BCUT2D eigenvalue weighted by Gasteiger charge is -2.32. The number of hydrazine groups is 1. The highest BCUT2D eigenvalue weighted by Crippen LogP contribution is 2.19. The van der Waals surface area contributed by atoms with E-state index < -0.39 is 5.60 Å². The van der Waals surface area contributed by atoms with Gasteiger partial charge >= 0.3 is 6.09 Å². The molecule has 182 valence electrons. The number of nitrogens with zero attached hydrogens (tertiary/aromatic N) is 6. The Morgan fingerprint density at radius 3 is 2.82 bits per heavy atom. The van der Waals surface area contributed by atoms with Crippen LogP contribution in [0.15, 0.2) is 30.1 Å². The van der Waals surface area contributed by atoms with Crippen molar-refractivity contribution in [3.05, 3.63) is 35.8 Å². The van der Waals surface area contributed by atoms with Crippen molar-refractivity contribution in [2.45, 2.75) is 59.2 Å². The molecule has 0 aliphatic carbocycles. The standard InChI is InChI=1S/C23H37N7O3/c1-6-28(22(32)33-23(2,3)4)16-20-17-30(26-25-20)15-19-8-7-11-29(14-19)21(31)10-9-18-12-24-27(5)13-18/h9-10,13,17,19,24H,6-8,11-12,14-16H2,1-5H3/b10-9+/t19-/m1/s1. The predicted octanol–water partition coefficient (Wildman–Crippen LogP) is 2.16. The third-order valence-corrected chi connectivity index (χ3v) is 5.58. The molecule has 0 radical (unpaired) electrons. The van der Waals surface area contributed by atoms with Crippen molar-refractivity contribution in [3.63, 3.8) is 0 Å². The largest absolute Gasteiger partial charge is 0.444 e. The second kappa shape index (κ2) is 10.8. The molecule has 0 aromatic carbocycles. The highest BCUT2D eigenvalue weighted by atomic mass is 16.6. The van der Waals surface area contributed by atoms with Gasteiger partial charge in [-0.25, -0.2) is 10.2 Å². The van der Waals surface area contributed by atoms with E-state index >= 15 is 0 Å². The fourth-order valence-corrected chi connectivity index (χ4v) is 3.95. The van der Waals surface area contributed by atoms with Crippen LogP contribution in [-0.2, 0) is 22.6 Å². The highest BCUT2D eigenvalue weighted by Gasteiger charge is 2.25. The third-order valence-electron chi connectivity index (χ3n) is 5.58. The molecule has 0 spiro atoms. The lowest BCUT2D eigenvalue weighted by molar-refractivity contribution is -0.127. The molecule has 1 N–H and O–H groups in total. The monoisotopic (exact) mass is 459 g/mol. The topological polar surface area (TPSA) is 95.8 Å². The van der Waals surface area contributed by atoms with Crippen LogP contribution in [0.5, 0.6) is 0 Å². The van der Waals surface area contributed by atoms with Crippen molar-refractivity contribution in [1.29, 1.82) is 0 Å². The molecule has 1 fully saturated rings. The summed E-state index contributed by atoms with van der Waals surface area (Å²) in [6, 6.07) is 0. The molecule has 2 aliphatic heterocycles. The molecule has 1 atom stereocenters. The number of carbonyl (C=O) groups is 2. The van der Waals surface area contributed by atoms with Crippen molar-refractivity contribution in [2.75, 3.05) is 33.2 Å². The number of amides is 2. The molecule has 1 aromatic heterocycles. The van der Waals surface area contributed by atoms with Crippen LogP contribution in [0.3, 0.4) is 0 Å². The van der Waals surface area contributed by atoms with E-state index in [4.69, 9.17) is 4.74 Å². The first-order valence-electron chi connectivity index (χ1n) is 11.6. The van der Waals surface area contributed by atoms with Gasteiger partial charge in [-0.05, 0) is 52.0 Å². The number of hydrogen-bond donors (Lipinski definition) is 1. The van der Waals surface area contributed by atoms with Gasteiger partial charge in [0.1, 0.15) is 11.3 Å². The first-order chi connectivity index (χ1) is 15.6. The summed E-state index contributed by atoms with van der Waals surface area (Å²) in [6.07, 6.45) is 9.07. The summed E-state index contributed by atoms with van der Waals surface area (Å²) in [5, 5.41) is 10.4. The van der Waals surface area contributed by atoms with Gasteiger partial charge in [-0.2, -0.15) is 0 Å². The lowest BCUT2D eigenvalue weighted by Crippen LogP contribution is -2.40. The van der Waals surface area contributed by atoms with Gasteiger partial charge in [0.15, 0.2) is 0 Å². The maximum atomic E-state index is 12.6. The molecule has 0 saturated carbocycles. The van der Waals surface area contributed by atoms with E-state index in [2.05, 4.69) is 15.7 Å². The summed E-state index contributed by atoms with van der Waals surface area (Å²) in [5.74, 6) is 0.364. The second-order valence-electron chi connectivity index (χ2n) is 9.70. The number of hydrogen-bond acceptors (Lipinski definition) is 7. The van der Waals surface area contributed by atoms with Crippen LogP contribution < -0.4 is 5.43 Å². The van der Waals surface area contributed by atoms with Gasteiger partial charge < -0.3 is 19.5 Å². The van der Waals surface area contributed by atoms with Gasteiger partial charge in [0.05, 0.1) is 12.7 Å². The molecule has 33 heavy (non-hydrogen) atoms. The van der Waals surface area contributed by atoms with Gasteiger partial charge in [-0.3, -0.25) is 9.48 Å². The van der Waals surface area contributed by atoms with Crippen LogP contribution in [0.4, 0.5) is 4.79 Å². The Balaban J connectivity index is 1.51. The molecule has 1 saturated heterocycles. The van der Waals surface area contributed by atoms with Crippen LogP contribution >= 0.6 is 0 Å². The first-order valence-corrected chi connectivity index (χ1v) is 11.6. The minimum atomic E-state index is -0.539. The van der Waals surface area contributed by atoms with Gasteiger partial charge in [-0.1, -0.05) is 11.3 Å². The molecule has 10 heteroatoms. The molecular weight excluding hydrogens is 422 g/mol. The second-order valence-corrected chi connectivity index (χ2v) is 9.70. The summed E-state index contributed by atoms with van der Waals surface area (Å²) in [7, 11) is 1.94. The summed E-state index contributed by atoms with van der Waals surface area (Å²) >= 11 is 0. The first kappa shape index (κ1) is 24.8. The third kappa shape index (κ3) is 7.59. The van der Waals surface area contributed by atoms with Crippen molar-refractivity contribution in [3.8, 4) is 0 Å². The number of ether oxygens (including phenoxy) is 1. The van der Waals surface area contributed by atoms with E-state index in [1.165, 1.54) is 0 Å². The zero-order valence-electron chi connectivity index (χ0n) is 20.5. The summed E-state index contributed by atoms with van der Waals surface area (Å²) < 4.78 is 7.28. The number of carbonyl (C=O) groups excluding carboxylic acids is 2. The Morgan fingerprint density at radius 2 is 2.15 bits per heavy atom. The molecule has 1 aromatic rings. The predicted molar refractivity (Wildman–Crippen MR) is 125 cm³/mol. The van der Waals surface area contributed by atoms with Crippen molar-refractivity contribution in [2.24, 2.45) is 5.92 Å². The minimum absolute atomic E-state index is 0.0466. The van der Waals surface area contributed by atoms with E-state index in [0.29, 0.717) is 32.1 Å². The van der Waals surface area contributed by atoms with Gasteiger partial charge in [0.2, 0.25) is 5.91 Å². The highest BCUT2D eigenvalue weighted by molar-refractivity contribution is 5.88. The van der Waals surface area contributed by atoms with Crippen molar-refractivity contribution < 1.29 is 14.3 Å². The van der Waals surface area contributed by atoms with Crippen LogP contribution in [0.2, 0.25) is 0 Å². The van der Waals surface area contributed by atoms with Crippen molar-refractivity contribution >= 4 is 12.0 Å². The van der Waals surface area contributed by atoms with E-state index in [1.54, 1.807) is 11.0 Å². The molecule has 3 rings (SSSR count). The number of rotatable bonds is 7. The molecular formula is C23H37N7O3. The summed E-state index contributed by atoms with van der Waals surface area (Å²) in [5.41, 5.74) is 4.43. The fourth-order valence-electron chi connectivity index (χ4n) is 3.95.